The van der Waals surface area contributed by atoms with Crippen LogP contribution in [-0.2, 0) is 36.8 Å². The number of unbranched alkanes of at least 4 members (excludes halogenated alkanes) is 1. The van der Waals surface area contributed by atoms with E-state index in [0.29, 0.717) is 19.4 Å². The minimum atomic E-state index is -1.29. The van der Waals surface area contributed by atoms with Gasteiger partial charge >= 0.3 is 29.8 Å². The van der Waals surface area contributed by atoms with Crippen molar-refractivity contribution in [3.05, 3.63) is 65.7 Å². The second kappa shape index (κ2) is 23.9. The first-order valence-electron chi connectivity index (χ1n) is 13.2. The SMILES string of the molecule is NC(CC(=O)O)C(=O)O.NC(Cc1ccc(O)cc1)C(=O)O.NC(Cc1ccccc1)C(=O)O.NCCCCC(N)C(=O)O. The third-order valence-electron chi connectivity index (χ3n) is 5.32. The van der Waals surface area contributed by atoms with E-state index in [2.05, 4.69) is 0 Å². The lowest BCUT2D eigenvalue weighted by Crippen LogP contribution is -2.32. The third kappa shape index (κ3) is 23.0. The highest BCUT2D eigenvalue weighted by atomic mass is 16.4. The molecular formula is C28H43N5O11. The molecule has 4 atom stereocenters. The summed E-state index contributed by atoms with van der Waals surface area (Å²) < 4.78 is 0. The Labute approximate surface area is 254 Å². The number of benzene rings is 2. The minimum absolute atomic E-state index is 0.160. The van der Waals surface area contributed by atoms with E-state index in [1.54, 1.807) is 12.1 Å². The van der Waals surface area contributed by atoms with Gasteiger partial charge in [0.15, 0.2) is 0 Å². The molecule has 0 radical (unpaired) electrons. The number of carbonyl (C=O) groups is 5. The van der Waals surface area contributed by atoms with Crippen molar-refractivity contribution in [2.75, 3.05) is 6.54 Å². The van der Waals surface area contributed by atoms with Gasteiger partial charge in [-0.15, -0.1) is 0 Å². The largest absolute Gasteiger partial charge is 0.508 e. The first-order valence-corrected chi connectivity index (χ1v) is 13.2. The smallest absolute Gasteiger partial charge is 0.321 e. The average Bonchev–Trinajstić information content (AvgIpc) is 2.95. The molecule has 2 aromatic rings. The van der Waals surface area contributed by atoms with Crippen molar-refractivity contribution in [1.82, 2.24) is 0 Å². The van der Waals surface area contributed by atoms with Crippen LogP contribution in [0.1, 0.15) is 36.8 Å². The molecule has 16 heteroatoms. The third-order valence-corrected chi connectivity index (χ3v) is 5.32. The van der Waals surface area contributed by atoms with E-state index >= 15 is 0 Å². The van der Waals surface area contributed by atoms with Gasteiger partial charge < -0.3 is 59.3 Å². The number of aromatic hydroxyl groups is 1. The molecule has 0 amide bonds. The molecule has 0 spiro atoms. The number of phenols is 1. The molecule has 0 heterocycles. The molecule has 2 aromatic carbocycles. The molecule has 16 nitrogen and oxygen atoms in total. The minimum Gasteiger partial charge on any atom is -0.508 e. The predicted octanol–water partition coefficient (Wildman–Crippen LogP) is -0.612. The van der Waals surface area contributed by atoms with E-state index in [1.165, 1.54) is 12.1 Å². The maximum Gasteiger partial charge on any atom is 0.321 e. The highest BCUT2D eigenvalue weighted by Gasteiger charge is 2.15. The summed E-state index contributed by atoms with van der Waals surface area (Å²) in [6.45, 7) is 0.604. The van der Waals surface area contributed by atoms with Crippen LogP contribution in [0.5, 0.6) is 5.75 Å². The number of phenolic OH excluding ortho intramolecular Hbond substituents is 1. The molecule has 0 fully saturated rings. The molecule has 44 heavy (non-hydrogen) atoms. The normalized spacial score (nSPS) is 12.6. The molecule has 4 unspecified atom stereocenters. The quantitative estimate of drug-likeness (QED) is 0.117. The van der Waals surface area contributed by atoms with Gasteiger partial charge in [-0.3, -0.25) is 24.0 Å². The van der Waals surface area contributed by atoms with Gasteiger partial charge in [-0.05, 0) is 55.5 Å². The molecular weight excluding hydrogens is 582 g/mol. The highest BCUT2D eigenvalue weighted by Crippen LogP contribution is 2.10. The number of rotatable bonds is 14. The summed E-state index contributed by atoms with van der Waals surface area (Å²) in [7, 11) is 0. The van der Waals surface area contributed by atoms with Crippen LogP contribution in [0.25, 0.3) is 0 Å². The molecule has 0 aliphatic rings. The van der Waals surface area contributed by atoms with Crippen molar-refractivity contribution in [2.45, 2.75) is 62.7 Å². The summed E-state index contributed by atoms with van der Waals surface area (Å²) >= 11 is 0. The monoisotopic (exact) mass is 625 g/mol. The Morgan fingerprint density at radius 3 is 1.32 bits per heavy atom. The van der Waals surface area contributed by atoms with Crippen LogP contribution in [0.15, 0.2) is 54.6 Å². The van der Waals surface area contributed by atoms with Gasteiger partial charge in [0, 0.05) is 0 Å². The number of carboxylic acid groups (broad SMARTS) is 5. The lowest BCUT2D eigenvalue weighted by atomic mass is 10.1. The maximum absolute atomic E-state index is 10.4. The summed E-state index contributed by atoms with van der Waals surface area (Å²) in [6.07, 6.45) is 2.29. The van der Waals surface area contributed by atoms with Crippen LogP contribution in [0.2, 0.25) is 0 Å². The zero-order valence-corrected chi connectivity index (χ0v) is 24.1. The number of hydrogen-bond acceptors (Lipinski definition) is 11. The average molecular weight is 626 g/mol. The van der Waals surface area contributed by atoms with E-state index in [-0.39, 0.29) is 12.2 Å². The fraction of sp³-hybridized carbons (Fsp3) is 0.393. The van der Waals surface area contributed by atoms with Gasteiger partial charge in [0.25, 0.3) is 0 Å². The Bertz CT molecular complexity index is 1130. The van der Waals surface area contributed by atoms with Crippen molar-refractivity contribution >= 4 is 29.8 Å². The van der Waals surface area contributed by atoms with Gasteiger partial charge in [0.2, 0.25) is 0 Å². The van der Waals surface area contributed by atoms with E-state index in [4.69, 9.17) is 59.3 Å². The van der Waals surface area contributed by atoms with Gasteiger partial charge in [-0.1, -0.05) is 48.9 Å². The molecule has 0 aliphatic heterocycles. The van der Waals surface area contributed by atoms with Crippen molar-refractivity contribution in [3.8, 4) is 5.75 Å². The van der Waals surface area contributed by atoms with Gasteiger partial charge in [0.1, 0.15) is 29.9 Å². The van der Waals surface area contributed by atoms with Crippen molar-refractivity contribution in [3.63, 3.8) is 0 Å². The number of hydrogen-bond donors (Lipinski definition) is 11. The fourth-order valence-corrected chi connectivity index (χ4v) is 2.84. The van der Waals surface area contributed by atoms with Crippen LogP contribution >= 0.6 is 0 Å². The van der Waals surface area contributed by atoms with E-state index < -0.39 is 60.4 Å². The predicted molar refractivity (Wildman–Crippen MR) is 160 cm³/mol. The molecule has 2 rings (SSSR count). The first kappa shape index (κ1) is 41.5. The fourth-order valence-electron chi connectivity index (χ4n) is 2.84. The van der Waals surface area contributed by atoms with Crippen LogP contribution < -0.4 is 28.7 Å². The lowest BCUT2D eigenvalue weighted by Gasteiger charge is -2.05. The molecule has 0 aliphatic carbocycles. The van der Waals surface area contributed by atoms with Crippen molar-refractivity contribution in [1.29, 1.82) is 0 Å². The highest BCUT2D eigenvalue weighted by molar-refractivity contribution is 5.80. The van der Waals surface area contributed by atoms with Gasteiger partial charge in [-0.25, -0.2) is 0 Å². The van der Waals surface area contributed by atoms with E-state index in [1.807, 2.05) is 30.3 Å². The van der Waals surface area contributed by atoms with Crippen LogP contribution in [0.3, 0.4) is 0 Å². The Morgan fingerprint density at radius 2 is 0.977 bits per heavy atom. The lowest BCUT2D eigenvalue weighted by molar-refractivity contribution is -0.144. The number of nitrogens with two attached hydrogens (primary N) is 5. The van der Waals surface area contributed by atoms with Crippen LogP contribution in [0.4, 0.5) is 0 Å². The number of aliphatic carboxylic acids is 5. The van der Waals surface area contributed by atoms with Gasteiger partial charge in [0.05, 0.1) is 6.42 Å². The molecule has 0 aromatic heterocycles. The van der Waals surface area contributed by atoms with E-state index in [0.717, 1.165) is 24.0 Å². The Kier molecular flexibility index (Phi) is 22.6. The standard InChI is InChI=1S/C9H11NO3.C9H11NO2.C6H14N2O2.C4H7NO4/c10-8(9(12)13)5-6-1-3-7(11)4-2-6;10-8(9(11)12)6-7-4-2-1-3-5-7;7-4-2-1-3-5(8)6(9)10;5-2(4(8)9)1-3(6)7/h1-4,8,11H,5,10H2,(H,12,13);1-5,8H,6,10H2,(H,11,12);5H,1-4,7-8H2,(H,9,10);2H,1,5H2,(H,6,7)(H,8,9). The van der Waals surface area contributed by atoms with Crippen LogP contribution in [0, 0.1) is 0 Å². The second-order valence-electron chi connectivity index (χ2n) is 9.22. The Balaban J connectivity index is 0. The summed E-state index contributed by atoms with van der Waals surface area (Å²) in [5.41, 5.74) is 27.7. The summed E-state index contributed by atoms with van der Waals surface area (Å²) in [5, 5.41) is 50.4. The number of carboxylic acids is 5. The molecule has 0 saturated heterocycles. The van der Waals surface area contributed by atoms with Crippen molar-refractivity contribution in [2.24, 2.45) is 28.7 Å². The van der Waals surface area contributed by atoms with E-state index in [9.17, 15) is 24.0 Å². The topological polar surface area (TPSA) is 337 Å². The zero-order valence-electron chi connectivity index (χ0n) is 24.1. The summed E-state index contributed by atoms with van der Waals surface area (Å²) in [5.74, 6) is -5.25. The first-order chi connectivity index (χ1) is 20.5. The van der Waals surface area contributed by atoms with Gasteiger partial charge in [-0.2, -0.15) is 0 Å². The molecule has 246 valence electrons. The summed E-state index contributed by atoms with van der Waals surface area (Å²) in [6, 6.07) is 12.0. The molecule has 0 saturated carbocycles. The molecule has 16 N–H and O–H groups in total. The molecule has 0 bridgehead atoms. The van der Waals surface area contributed by atoms with Crippen molar-refractivity contribution < 1.29 is 54.6 Å². The Morgan fingerprint density at radius 1 is 0.568 bits per heavy atom. The van der Waals surface area contributed by atoms with Crippen LogP contribution in [-0.4, -0.2) is 91.2 Å². The second-order valence-corrected chi connectivity index (χ2v) is 9.22. The summed E-state index contributed by atoms with van der Waals surface area (Å²) in [4.78, 5) is 50.5. The zero-order chi connectivity index (χ0) is 34.2. The maximum atomic E-state index is 10.4. The Hall–Kier alpha value is -4.61.